The van der Waals surface area contributed by atoms with Crippen molar-refractivity contribution in [3.8, 4) is 11.5 Å². The molecule has 5 heteroatoms. The van der Waals surface area contributed by atoms with Crippen molar-refractivity contribution in [3.63, 3.8) is 0 Å². The fraction of sp³-hybridized carbons (Fsp3) is 0.417. The highest BCUT2D eigenvalue weighted by Crippen LogP contribution is 2.31. The molecule has 0 saturated heterocycles. The lowest BCUT2D eigenvalue weighted by Crippen LogP contribution is -2.27. The molecule has 1 amide bonds. The van der Waals surface area contributed by atoms with E-state index < -0.39 is 0 Å². The molecule has 0 aromatic heterocycles. The number of anilines is 1. The summed E-state index contributed by atoms with van der Waals surface area (Å²) in [7, 11) is 4.75. The van der Waals surface area contributed by atoms with Gasteiger partial charge in [-0.05, 0) is 13.0 Å². The molecular formula is C12H18N2O3. The van der Waals surface area contributed by atoms with E-state index >= 15 is 0 Å². The van der Waals surface area contributed by atoms with Crippen LogP contribution >= 0.6 is 0 Å². The van der Waals surface area contributed by atoms with Gasteiger partial charge in [-0.3, -0.25) is 4.79 Å². The van der Waals surface area contributed by atoms with E-state index in [4.69, 9.17) is 15.2 Å². The van der Waals surface area contributed by atoms with Gasteiger partial charge in [-0.15, -0.1) is 0 Å². The molecule has 0 heterocycles. The maximum absolute atomic E-state index is 12.1. The first kappa shape index (κ1) is 13.2. The van der Waals surface area contributed by atoms with Crippen LogP contribution in [0.5, 0.6) is 11.5 Å². The van der Waals surface area contributed by atoms with Crippen LogP contribution in [0.15, 0.2) is 12.1 Å². The van der Waals surface area contributed by atoms with Gasteiger partial charge < -0.3 is 20.1 Å². The Morgan fingerprint density at radius 1 is 1.35 bits per heavy atom. The summed E-state index contributed by atoms with van der Waals surface area (Å²) in [6.07, 6.45) is 0. The lowest BCUT2D eigenvalue weighted by Gasteiger charge is -2.17. The average molecular weight is 238 g/mol. The van der Waals surface area contributed by atoms with Crippen molar-refractivity contribution in [2.24, 2.45) is 0 Å². The van der Waals surface area contributed by atoms with Crippen LogP contribution in [-0.4, -0.2) is 38.6 Å². The molecule has 0 aliphatic heterocycles. The summed E-state index contributed by atoms with van der Waals surface area (Å²) in [6, 6.07) is 3.27. The quantitative estimate of drug-likeness (QED) is 0.805. The van der Waals surface area contributed by atoms with Gasteiger partial charge in [-0.2, -0.15) is 0 Å². The zero-order chi connectivity index (χ0) is 13.0. The Morgan fingerprint density at radius 2 is 2.00 bits per heavy atom. The number of carbonyl (C=O) groups excluding carboxylic acids is 1. The van der Waals surface area contributed by atoms with Gasteiger partial charge in [-0.25, -0.2) is 0 Å². The van der Waals surface area contributed by atoms with Gasteiger partial charge in [0.25, 0.3) is 5.91 Å². The van der Waals surface area contributed by atoms with Crippen molar-refractivity contribution in [1.29, 1.82) is 0 Å². The molecule has 0 aliphatic rings. The van der Waals surface area contributed by atoms with Crippen molar-refractivity contribution in [3.05, 3.63) is 17.7 Å². The Bertz CT molecular complexity index is 418. The molecule has 0 atom stereocenters. The number of amides is 1. The third-order valence-corrected chi connectivity index (χ3v) is 2.62. The van der Waals surface area contributed by atoms with Crippen molar-refractivity contribution >= 4 is 11.6 Å². The molecule has 2 N–H and O–H groups in total. The number of hydrogen-bond acceptors (Lipinski definition) is 4. The number of nitrogen functional groups attached to an aromatic ring is 1. The molecule has 1 aromatic rings. The molecule has 0 fully saturated rings. The van der Waals surface area contributed by atoms with Gasteiger partial charge >= 0.3 is 0 Å². The SMILES string of the molecule is CCN(C)C(=O)c1cc(OC)cc(OC)c1N. The van der Waals surface area contributed by atoms with E-state index in [9.17, 15) is 4.79 Å². The number of carbonyl (C=O) groups is 1. The maximum atomic E-state index is 12.1. The van der Waals surface area contributed by atoms with Gasteiger partial charge in [0, 0.05) is 19.7 Å². The third-order valence-electron chi connectivity index (χ3n) is 2.62. The smallest absolute Gasteiger partial charge is 0.255 e. The molecular weight excluding hydrogens is 220 g/mol. The number of rotatable bonds is 4. The molecule has 0 radical (unpaired) electrons. The second kappa shape index (κ2) is 5.43. The van der Waals surface area contributed by atoms with Crippen molar-refractivity contribution < 1.29 is 14.3 Å². The molecule has 94 valence electrons. The first-order valence-electron chi connectivity index (χ1n) is 5.32. The predicted molar refractivity (Wildman–Crippen MR) is 66.6 cm³/mol. The number of hydrogen-bond donors (Lipinski definition) is 1. The summed E-state index contributed by atoms with van der Waals surface area (Å²) >= 11 is 0. The summed E-state index contributed by atoms with van der Waals surface area (Å²) < 4.78 is 10.2. The normalized spacial score (nSPS) is 9.88. The highest BCUT2D eigenvalue weighted by molar-refractivity contribution is 6.00. The summed E-state index contributed by atoms with van der Waals surface area (Å²) in [5.74, 6) is 0.836. The molecule has 0 saturated carbocycles. The number of nitrogens with two attached hydrogens (primary N) is 1. The molecule has 0 unspecified atom stereocenters. The standard InChI is InChI=1S/C12H18N2O3/c1-5-14(2)12(15)9-6-8(16-3)7-10(17-4)11(9)13/h6-7H,5,13H2,1-4H3. The first-order chi connectivity index (χ1) is 8.04. The van der Waals surface area contributed by atoms with Crippen molar-refractivity contribution in [2.75, 3.05) is 33.5 Å². The van der Waals surface area contributed by atoms with E-state index in [1.165, 1.54) is 14.2 Å². The number of methoxy groups -OCH3 is 2. The van der Waals surface area contributed by atoms with Crippen molar-refractivity contribution in [1.82, 2.24) is 4.90 Å². The summed E-state index contributed by atoms with van der Waals surface area (Å²) in [5, 5.41) is 0. The Kier molecular flexibility index (Phi) is 4.20. The van der Waals surface area contributed by atoms with E-state index in [1.54, 1.807) is 24.1 Å². The molecule has 0 aliphatic carbocycles. The summed E-state index contributed by atoms with van der Waals surface area (Å²) in [6.45, 7) is 2.50. The fourth-order valence-corrected chi connectivity index (χ4v) is 1.41. The van der Waals surface area contributed by atoms with Crippen LogP contribution in [0.2, 0.25) is 0 Å². The Labute approximate surface area is 101 Å². The Hall–Kier alpha value is -1.91. The van der Waals surface area contributed by atoms with Crippen LogP contribution in [0.25, 0.3) is 0 Å². The van der Waals surface area contributed by atoms with Gasteiger partial charge in [0.1, 0.15) is 11.5 Å². The van der Waals surface area contributed by atoms with Crippen LogP contribution in [0.1, 0.15) is 17.3 Å². The minimum atomic E-state index is -0.151. The lowest BCUT2D eigenvalue weighted by atomic mass is 10.1. The van der Waals surface area contributed by atoms with Crippen LogP contribution in [0.3, 0.4) is 0 Å². The van der Waals surface area contributed by atoms with Crippen molar-refractivity contribution in [2.45, 2.75) is 6.92 Å². The second-order valence-electron chi connectivity index (χ2n) is 3.61. The largest absolute Gasteiger partial charge is 0.497 e. The highest BCUT2D eigenvalue weighted by Gasteiger charge is 2.18. The molecule has 0 spiro atoms. The number of benzene rings is 1. The molecule has 17 heavy (non-hydrogen) atoms. The number of ether oxygens (including phenoxy) is 2. The van der Waals surface area contributed by atoms with Gasteiger partial charge in [0.2, 0.25) is 0 Å². The average Bonchev–Trinajstić information content (AvgIpc) is 2.37. The van der Waals surface area contributed by atoms with Gasteiger partial charge in [-0.1, -0.05) is 0 Å². The summed E-state index contributed by atoms with van der Waals surface area (Å²) in [4.78, 5) is 13.6. The molecule has 0 bridgehead atoms. The predicted octanol–water partition coefficient (Wildman–Crippen LogP) is 1.38. The van der Waals surface area contributed by atoms with E-state index in [2.05, 4.69) is 0 Å². The zero-order valence-electron chi connectivity index (χ0n) is 10.6. The highest BCUT2D eigenvalue weighted by atomic mass is 16.5. The lowest BCUT2D eigenvalue weighted by molar-refractivity contribution is 0.0803. The second-order valence-corrected chi connectivity index (χ2v) is 3.61. The zero-order valence-corrected chi connectivity index (χ0v) is 10.6. The Balaban J connectivity index is 3.26. The minimum Gasteiger partial charge on any atom is -0.497 e. The van der Waals surface area contributed by atoms with Crippen LogP contribution in [0.4, 0.5) is 5.69 Å². The van der Waals surface area contributed by atoms with E-state index in [1.807, 2.05) is 6.92 Å². The topological polar surface area (TPSA) is 64.8 Å². The molecule has 1 aromatic carbocycles. The first-order valence-corrected chi connectivity index (χ1v) is 5.32. The van der Waals surface area contributed by atoms with E-state index in [0.717, 1.165) is 0 Å². The monoisotopic (exact) mass is 238 g/mol. The number of nitrogens with zero attached hydrogens (tertiary/aromatic N) is 1. The third kappa shape index (κ3) is 2.61. The maximum Gasteiger partial charge on any atom is 0.255 e. The minimum absolute atomic E-state index is 0.151. The van der Waals surface area contributed by atoms with Crippen LogP contribution in [0, 0.1) is 0 Å². The fourth-order valence-electron chi connectivity index (χ4n) is 1.41. The Morgan fingerprint density at radius 3 is 2.47 bits per heavy atom. The molecule has 5 nitrogen and oxygen atoms in total. The van der Waals surface area contributed by atoms with Gasteiger partial charge in [0.15, 0.2) is 0 Å². The van der Waals surface area contributed by atoms with Gasteiger partial charge in [0.05, 0.1) is 25.5 Å². The van der Waals surface area contributed by atoms with Crippen LogP contribution in [-0.2, 0) is 0 Å². The van der Waals surface area contributed by atoms with E-state index in [0.29, 0.717) is 29.3 Å². The molecule has 1 rings (SSSR count). The van der Waals surface area contributed by atoms with E-state index in [-0.39, 0.29) is 5.91 Å². The summed E-state index contributed by atoms with van der Waals surface area (Å²) in [5.41, 5.74) is 6.61. The van der Waals surface area contributed by atoms with Crippen LogP contribution < -0.4 is 15.2 Å².